The Kier molecular flexibility index (Phi) is 4.68. The summed E-state index contributed by atoms with van der Waals surface area (Å²) in [6.07, 6.45) is 2.23. The van der Waals surface area contributed by atoms with Crippen molar-refractivity contribution in [2.24, 2.45) is 0 Å². The molecule has 19 heavy (non-hydrogen) atoms. The fourth-order valence-electron chi connectivity index (χ4n) is 1.46. The van der Waals surface area contributed by atoms with Gasteiger partial charge in [-0.25, -0.2) is 0 Å². The molecule has 2 aromatic rings. The predicted octanol–water partition coefficient (Wildman–Crippen LogP) is 1.02. The maximum absolute atomic E-state index is 11.5. The largest absolute Gasteiger partial charge is 0.461 e. The van der Waals surface area contributed by atoms with Gasteiger partial charge in [-0.15, -0.1) is 0 Å². The Labute approximate surface area is 109 Å². The number of aromatic nitrogens is 2. The van der Waals surface area contributed by atoms with Crippen LogP contribution in [0.5, 0.6) is 0 Å². The van der Waals surface area contributed by atoms with Crippen molar-refractivity contribution in [2.75, 3.05) is 20.3 Å². The van der Waals surface area contributed by atoms with Gasteiger partial charge >= 0.3 is 0 Å². The molecule has 0 saturated heterocycles. The number of nitrogens with zero attached hydrogens (tertiary/aromatic N) is 2. The van der Waals surface area contributed by atoms with Crippen LogP contribution < -0.4 is 5.32 Å². The van der Waals surface area contributed by atoms with E-state index in [0.717, 1.165) is 0 Å². The lowest BCUT2D eigenvalue weighted by molar-refractivity contribution is -0.121. The molecule has 1 amide bonds. The molecule has 2 aromatic heterocycles. The fourth-order valence-corrected chi connectivity index (χ4v) is 1.46. The van der Waals surface area contributed by atoms with Gasteiger partial charge in [-0.2, -0.15) is 4.98 Å². The normalized spacial score (nSPS) is 10.6. The summed E-state index contributed by atoms with van der Waals surface area (Å²) in [7, 11) is 1.58. The molecule has 2 rings (SSSR count). The van der Waals surface area contributed by atoms with Crippen molar-refractivity contribution in [3.63, 3.8) is 0 Å². The third-order valence-corrected chi connectivity index (χ3v) is 2.40. The first-order valence-corrected chi connectivity index (χ1v) is 5.91. The number of methoxy groups -OCH3 is 1. The Morgan fingerprint density at radius 2 is 2.42 bits per heavy atom. The average Bonchev–Trinajstić information content (AvgIpc) is 3.07. The van der Waals surface area contributed by atoms with E-state index in [0.29, 0.717) is 43.5 Å². The van der Waals surface area contributed by atoms with Crippen LogP contribution in [-0.4, -0.2) is 36.3 Å². The van der Waals surface area contributed by atoms with E-state index in [1.165, 1.54) is 6.26 Å². The zero-order valence-corrected chi connectivity index (χ0v) is 10.6. The molecule has 7 heteroatoms. The van der Waals surface area contributed by atoms with Crippen molar-refractivity contribution in [3.8, 4) is 11.6 Å². The van der Waals surface area contributed by atoms with Gasteiger partial charge in [0.25, 0.3) is 0 Å². The van der Waals surface area contributed by atoms with Crippen molar-refractivity contribution in [3.05, 3.63) is 24.3 Å². The Morgan fingerprint density at radius 3 is 3.16 bits per heavy atom. The molecular formula is C12H15N3O4. The van der Waals surface area contributed by atoms with Crippen LogP contribution in [0.3, 0.4) is 0 Å². The average molecular weight is 265 g/mol. The van der Waals surface area contributed by atoms with Gasteiger partial charge in [-0.3, -0.25) is 4.79 Å². The Balaban J connectivity index is 1.79. The topological polar surface area (TPSA) is 90.4 Å². The molecule has 0 aliphatic rings. The summed E-state index contributed by atoms with van der Waals surface area (Å²) >= 11 is 0. The Hall–Kier alpha value is -2.15. The number of carbonyl (C=O) groups excluding carboxylic acids is 1. The maximum Gasteiger partial charge on any atom is 0.238 e. The molecule has 0 fully saturated rings. The van der Waals surface area contributed by atoms with E-state index in [1.807, 2.05) is 0 Å². The number of hydrogen-bond donors (Lipinski definition) is 1. The van der Waals surface area contributed by atoms with Crippen molar-refractivity contribution < 1.29 is 18.5 Å². The monoisotopic (exact) mass is 265 g/mol. The van der Waals surface area contributed by atoms with Gasteiger partial charge in [0.2, 0.25) is 17.6 Å². The minimum atomic E-state index is -0.0743. The summed E-state index contributed by atoms with van der Waals surface area (Å²) in [4.78, 5) is 15.6. The van der Waals surface area contributed by atoms with Gasteiger partial charge in [0.05, 0.1) is 12.9 Å². The number of amides is 1. The smallest absolute Gasteiger partial charge is 0.238 e. The lowest BCUT2D eigenvalue weighted by Gasteiger charge is -2.02. The number of hydrogen-bond acceptors (Lipinski definition) is 6. The summed E-state index contributed by atoms with van der Waals surface area (Å²) in [5, 5.41) is 6.50. The lowest BCUT2D eigenvalue weighted by atomic mass is 10.3. The second kappa shape index (κ2) is 6.69. The van der Waals surface area contributed by atoms with Gasteiger partial charge in [0.1, 0.15) is 0 Å². The van der Waals surface area contributed by atoms with Crippen LogP contribution in [-0.2, 0) is 16.0 Å². The third-order valence-electron chi connectivity index (χ3n) is 2.40. The number of rotatable bonds is 7. The van der Waals surface area contributed by atoms with Crippen LogP contribution in [0.15, 0.2) is 27.3 Å². The molecule has 0 radical (unpaired) electrons. The first-order valence-electron chi connectivity index (χ1n) is 5.91. The minimum Gasteiger partial charge on any atom is -0.461 e. The zero-order valence-electron chi connectivity index (χ0n) is 10.6. The quantitative estimate of drug-likeness (QED) is 0.752. The van der Waals surface area contributed by atoms with E-state index >= 15 is 0 Å². The summed E-state index contributed by atoms with van der Waals surface area (Å²) in [6.45, 7) is 0.992. The number of aryl methyl sites for hydroxylation is 1. The molecule has 0 aliphatic heterocycles. The van der Waals surface area contributed by atoms with Gasteiger partial charge in [-0.05, 0) is 12.1 Å². The molecule has 0 aromatic carbocycles. The minimum absolute atomic E-state index is 0.0743. The van der Waals surface area contributed by atoms with Crippen LogP contribution in [0.1, 0.15) is 12.3 Å². The van der Waals surface area contributed by atoms with Crippen LogP contribution in [0.4, 0.5) is 0 Å². The van der Waals surface area contributed by atoms with Crippen molar-refractivity contribution in [2.45, 2.75) is 12.8 Å². The highest BCUT2D eigenvalue weighted by molar-refractivity contribution is 5.75. The SMILES string of the molecule is COCCNC(=O)CCc1nc(-c2ccco2)no1. The molecule has 0 atom stereocenters. The molecular weight excluding hydrogens is 250 g/mol. The first-order chi connectivity index (χ1) is 9.29. The molecule has 0 aliphatic carbocycles. The molecule has 0 saturated carbocycles. The van der Waals surface area contributed by atoms with Gasteiger partial charge in [0, 0.05) is 26.5 Å². The van der Waals surface area contributed by atoms with Crippen LogP contribution >= 0.6 is 0 Å². The van der Waals surface area contributed by atoms with Gasteiger partial charge in [-0.1, -0.05) is 5.16 Å². The van der Waals surface area contributed by atoms with Crippen LogP contribution in [0, 0.1) is 0 Å². The molecule has 0 spiro atoms. The van der Waals surface area contributed by atoms with E-state index < -0.39 is 0 Å². The number of furan rings is 1. The summed E-state index contributed by atoms with van der Waals surface area (Å²) in [6, 6.07) is 3.49. The van der Waals surface area contributed by atoms with E-state index in [-0.39, 0.29) is 5.91 Å². The molecule has 2 heterocycles. The number of ether oxygens (including phenoxy) is 1. The molecule has 0 unspecified atom stereocenters. The molecule has 7 nitrogen and oxygen atoms in total. The predicted molar refractivity (Wildman–Crippen MR) is 65.2 cm³/mol. The summed E-state index contributed by atoms with van der Waals surface area (Å²) in [5.74, 6) is 1.27. The third kappa shape index (κ3) is 3.92. The Morgan fingerprint density at radius 1 is 1.53 bits per heavy atom. The second-order valence-corrected chi connectivity index (χ2v) is 3.83. The molecule has 0 bridgehead atoms. The lowest BCUT2D eigenvalue weighted by Crippen LogP contribution is -2.27. The standard InChI is InChI=1S/C12H15N3O4/c1-17-8-6-13-10(16)4-5-11-14-12(15-19-11)9-3-2-7-18-9/h2-3,7H,4-6,8H2,1H3,(H,13,16). The van der Waals surface area contributed by atoms with Crippen molar-refractivity contribution in [1.29, 1.82) is 0 Å². The van der Waals surface area contributed by atoms with E-state index in [1.54, 1.807) is 19.2 Å². The Bertz CT molecular complexity index is 507. The van der Waals surface area contributed by atoms with Crippen molar-refractivity contribution in [1.82, 2.24) is 15.5 Å². The summed E-state index contributed by atoms with van der Waals surface area (Å²) in [5.41, 5.74) is 0. The second-order valence-electron chi connectivity index (χ2n) is 3.83. The molecule has 102 valence electrons. The highest BCUT2D eigenvalue weighted by Crippen LogP contribution is 2.16. The van der Waals surface area contributed by atoms with Gasteiger partial charge < -0.3 is 19.0 Å². The summed E-state index contributed by atoms with van der Waals surface area (Å²) < 4.78 is 15.0. The van der Waals surface area contributed by atoms with Crippen molar-refractivity contribution >= 4 is 5.91 Å². The van der Waals surface area contributed by atoms with E-state index in [4.69, 9.17) is 13.7 Å². The van der Waals surface area contributed by atoms with Crippen LogP contribution in [0.2, 0.25) is 0 Å². The highest BCUT2D eigenvalue weighted by Gasteiger charge is 2.11. The highest BCUT2D eigenvalue weighted by atomic mass is 16.5. The van der Waals surface area contributed by atoms with E-state index in [2.05, 4.69) is 15.5 Å². The number of carbonyl (C=O) groups is 1. The maximum atomic E-state index is 11.5. The first kappa shape index (κ1) is 13.3. The van der Waals surface area contributed by atoms with Gasteiger partial charge in [0.15, 0.2) is 5.76 Å². The molecule has 1 N–H and O–H groups in total. The zero-order chi connectivity index (χ0) is 13.5. The number of nitrogens with one attached hydrogen (secondary N) is 1. The fraction of sp³-hybridized carbons (Fsp3) is 0.417. The van der Waals surface area contributed by atoms with Crippen LogP contribution in [0.25, 0.3) is 11.6 Å². The van der Waals surface area contributed by atoms with E-state index in [9.17, 15) is 4.79 Å².